The third kappa shape index (κ3) is 2.32. The van der Waals surface area contributed by atoms with E-state index < -0.39 is 15.1 Å². The number of aliphatic imine (C=N–C) groups is 1. The van der Waals surface area contributed by atoms with Crippen molar-refractivity contribution in [2.75, 3.05) is 0 Å². The van der Waals surface area contributed by atoms with Crippen molar-refractivity contribution in [3.05, 3.63) is 34.4 Å². The summed E-state index contributed by atoms with van der Waals surface area (Å²) in [4.78, 5) is 4.24. The van der Waals surface area contributed by atoms with Crippen molar-refractivity contribution in [3.8, 4) is 0 Å². The van der Waals surface area contributed by atoms with Crippen molar-refractivity contribution in [3.63, 3.8) is 0 Å². The van der Waals surface area contributed by atoms with Crippen LogP contribution in [0, 0.1) is 5.13 Å². The number of halogens is 1. The molecule has 0 spiro atoms. The molecule has 3 nitrogen and oxygen atoms in total. The van der Waals surface area contributed by atoms with E-state index in [0.717, 1.165) is 11.3 Å². The molecule has 0 aliphatic carbocycles. The van der Waals surface area contributed by atoms with Crippen LogP contribution in [0.15, 0.2) is 29.4 Å². The summed E-state index contributed by atoms with van der Waals surface area (Å²) in [6, 6.07) is 2.77. The number of hydrogen-bond acceptors (Lipinski definition) is 4. The first-order valence-electron chi connectivity index (χ1n) is 4.24. The Morgan fingerprint density at radius 1 is 1.47 bits per heavy atom. The van der Waals surface area contributed by atoms with Crippen LogP contribution in [-0.4, -0.2) is 19.9 Å². The molecule has 0 radical (unpaired) electrons. The van der Waals surface area contributed by atoms with Crippen molar-refractivity contribution in [1.82, 2.24) is 0 Å². The van der Waals surface area contributed by atoms with E-state index in [4.69, 9.17) is 0 Å². The van der Waals surface area contributed by atoms with Crippen LogP contribution < -0.4 is 0 Å². The molecule has 1 unspecified atom stereocenters. The smallest absolute Gasteiger partial charge is 0.176 e. The Balaban J connectivity index is 2.18. The van der Waals surface area contributed by atoms with Gasteiger partial charge >= 0.3 is 0 Å². The molecule has 0 aromatic carbocycles. The minimum absolute atomic E-state index is 0.136. The van der Waals surface area contributed by atoms with Crippen LogP contribution in [-0.2, 0) is 15.6 Å². The summed E-state index contributed by atoms with van der Waals surface area (Å²) >= 11 is 0.859. The van der Waals surface area contributed by atoms with E-state index in [0.29, 0.717) is 4.88 Å². The normalized spacial score (nSPS) is 19.9. The van der Waals surface area contributed by atoms with E-state index in [-0.39, 0.29) is 10.9 Å². The summed E-state index contributed by atoms with van der Waals surface area (Å²) in [5.41, 5.74) is 0. The molecule has 15 heavy (non-hydrogen) atoms. The van der Waals surface area contributed by atoms with Gasteiger partial charge in [-0.3, -0.25) is 4.99 Å². The van der Waals surface area contributed by atoms with Gasteiger partial charge < -0.3 is 0 Å². The lowest BCUT2D eigenvalue weighted by atomic mass is 10.5. The Morgan fingerprint density at radius 3 is 2.80 bits per heavy atom. The minimum atomic E-state index is -3.29. The molecule has 1 aromatic rings. The summed E-state index contributed by atoms with van der Waals surface area (Å²) in [5.74, 6) is -0.136. The summed E-state index contributed by atoms with van der Waals surface area (Å²) in [6.45, 7) is 0. The van der Waals surface area contributed by atoms with E-state index in [1.54, 1.807) is 0 Å². The molecule has 0 saturated heterocycles. The average molecular weight is 245 g/mol. The SMILES string of the molecule is O=S(=O)(Cc1ccc(F)s1)C1C=CN=C1. The predicted octanol–water partition coefficient (Wildman–Crippen LogP) is 1.77. The number of thiophene rings is 1. The molecule has 0 saturated carbocycles. The van der Waals surface area contributed by atoms with Crippen LogP contribution >= 0.6 is 11.3 Å². The molecule has 2 rings (SSSR count). The second-order valence-corrected chi connectivity index (χ2v) is 6.39. The van der Waals surface area contributed by atoms with Gasteiger partial charge in [-0.25, -0.2) is 8.42 Å². The highest BCUT2D eigenvalue weighted by molar-refractivity contribution is 7.92. The van der Waals surface area contributed by atoms with Crippen LogP contribution in [0.5, 0.6) is 0 Å². The standard InChI is InChI=1S/C9H8FNO2S2/c10-9-2-1-7(14-9)6-15(12,13)8-3-4-11-5-8/h1-5,8H,6H2. The van der Waals surface area contributed by atoms with Gasteiger partial charge in [0, 0.05) is 17.3 Å². The van der Waals surface area contributed by atoms with E-state index in [1.807, 2.05) is 0 Å². The van der Waals surface area contributed by atoms with Gasteiger partial charge in [0.15, 0.2) is 15.0 Å². The molecule has 1 atom stereocenters. The van der Waals surface area contributed by atoms with Gasteiger partial charge in [-0.2, -0.15) is 4.39 Å². The van der Waals surface area contributed by atoms with Crippen molar-refractivity contribution in [1.29, 1.82) is 0 Å². The fourth-order valence-corrected chi connectivity index (χ4v) is 3.76. The molecule has 0 bridgehead atoms. The Bertz CT molecular complexity index is 504. The number of hydrogen-bond donors (Lipinski definition) is 0. The van der Waals surface area contributed by atoms with Crippen LogP contribution in [0.3, 0.4) is 0 Å². The summed E-state index contributed by atoms with van der Waals surface area (Å²) in [7, 11) is -3.29. The third-order valence-electron chi connectivity index (χ3n) is 1.98. The average Bonchev–Trinajstić information content (AvgIpc) is 2.75. The fourth-order valence-electron chi connectivity index (χ4n) is 1.25. The summed E-state index contributed by atoms with van der Waals surface area (Å²) in [5, 5.41) is -1.03. The number of rotatable bonds is 3. The maximum absolute atomic E-state index is 12.7. The van der Waals surface area contributed by atoms with Crippen LogP contribution in [0.1, 0.15) is 4.88 Å². The maximum Gasteiger partial charge on any atom is 0.176 e. The van der Waals surface area contributed by atoms with Crippen molar-refractivity contribution in [2.24, 2.45) is 4.99 Å². The van der Waals surface area contributed by atoms with Gasteiger partial charge in [-0.1, -0.05) is 0 Å². The second kappa shape index (κ2) is 3.86. The van der Waals surface area contributed by atoms with Crippen LogP contribution in [0.4, 0.5) is 4.39 Å². The monoisotopic (exact) mass is 245 g/mol. The van der Waals surface area contributed by atoms with Gasteiger partial charge in [0.1, 0.15) is 5.25 Å². The molecular weight excluding hydrogens is 237 g/mol. The third-order valence-corrected chi connectivity index (χ3v) is 4.86. The Kier molecular flexibility index (Phi) is 2.70. The molecule has 80 valence electrons. The summed E-state index contributed by atoms with van der Waals surface area (Å²) in [6.07, 6.45) is 4.34. The first-order chi connectivity index (χ1) is 7.08. The Labute approximate surface area is 90.9 Å². The molecule has 1 aliphatic heterocycles. The van der Waals surface area contributed by atoms with Crippen LogP contribution in [0.2, 0.25) is 0 Å². The molecule has 6 heteroatoms. The lowest BCUT2D eigenvalue weighted by Crippen LogP contribution is -2.20. The van der Waals surface area contributed by atoms with Gasteiger partial charge in [-0.05, 0) is 18.2 Å². The highest BCUT2D eigenvalue weighted by Gasteiger charge is 2.24. The van der Waals surface area contributed by atoms with Crippen LogP contribution in [0.25, 0.3) is 0 Å². The van der Waals surface area contributed by atoms with E-state index in [1.165, 1.54) is 30.6 Å². The largest absolute Gasteiger partial charge is 0.268 e. The second-order valence-electron chi connectivity index (χ2n) is 3.12. The van der Waals surface area contributed by atoms with Gasteiger partial charge in [-0.15, -0.1) is 11.3 Å². The number of sulfone groups is 1. The minimum Gasteiger partial charge on any atom is -0.268 e. The zero-order chi connectivity index (χ0) is 10.9. The molecule has 0 amide bonds. The highest BCUT2D eigenvalue weighted by atomic mass is 32.2. The Hall–Kier alpha value is -1.01. The first kappa shape index (κ1) is 10.5. The lowest BCUT2D eigenvalue weighted by molar-refractivity contribution is 0.596. The molecule has 0 N–H and O–H groups in total. The quantitative estimate of drug-likeness (QED) is 0.814. The number of nitrogens with zero attached hydrogens (tertiary/aromatic N) is 1. The molecule has 0 fully saturated rings. The highest BCUT2D eigenvalue weighted by Crippen LogP contribution is 2.20. The molecular formula is C9H8FNO2S2. The predicted molar refractivity (Wildman–Crippen MR) is 58.3 cm³/mol. The fraction of sp³-hybridized carbons (Fsp3) is 0.222. The topological polar surface area (TPSA) is 46.5 Å². The lowest BCUT2D eigenvalue weighted by Gasteiger charge is -2.04. The van der Waals surface area contributed by atoms with Gasteiger partial charge in [0.25, 0.3) is 0 Å². The van der Waals surface area contributed by atoms with Crippen molar-refractivity contribution >= 4 is 27.4 Å². The zero-order valence-corrected chi connectivity index (χ0v) is 9.26. The molecule has 2 heterocycles. The van der Waals surface area contributed by atoms with E-state index in [2.05, 4.69) is 4.99 Å². The molecule has 1 aromatic heterocycles. The Morgan fingerprint density at radius 2 is 2.27 bits per heavy atom. The van der Waals surface area contributed by atoms with E-state index >= 15 is 0 Å². The van der Waals surface area contributed by atoms with E-state index in [9.17, 15) is 12.8 Å². The summed E-state index contributed by atoms with van der Waals surface area (Å²) < 4.78 is 36.2. The van der Waals surface area contributed by atoms with Crippen molar-refractivity contribution < 1.29 is 12.8 Å². The first-order valence-corrected chi connectivity index (χ1v) is 6.77. The zero-order valence-electron chi connectivity index (χ0n) is 7.63. The molecule has 1 aliphatic rings. The van der Waals surface area contributed by atoms with Gasteiger partial charge in [0.2, 0.25) is 0 Å². The maximum atomic E-state index is 12.7. The van der Waals surface area contributed by atoms with Gasteiger partial charge in [0.05, 0.1) is 5.75 Å². The van der Waals surface area contributed by atoms with Crippen molar-refractivity contribution in [2.45, 2.75) is 11.0 Å².